The predicted molar refractivity (Wildman–Crippen MR) is 125 cm³/mol. The number of amides is 1. The van der Waals surface area contributed by atoms with E-state index in [0.717, 1.165) is 0 Å². The number of halogens is 1. The van der Waals surface area contributed by atoms with Crippen LogP contribution in [-0.4, -0.2) is 27.4 Å². The first kappa shape index (κ1) is 20.8. The number of rotatable bonds is 6. The van der Waals surface area contributed by atoms with E-state index in [1.54, 1.807) is 30.3 Å². The topological polar surface area (TPSA) is 76.3 Å². The van der Waals surface area contributed by atoms with Gasteiger partial charge in [0.15, 0.2) is 5.16 Å². The fourth-order valence-corrected chi connectivity index (χ4v) is 3.92. The summed E-state index contributed by atoms with van der Waals surface area (Å²) in [6, 6.07) is 23.6. The second kappa shape index (κ2) is 9.59. The number of hydrogen-bond donors (Lipinski definition) is 1. The molecule has 31 heavy (non-hydrogen) atoms. The molecule has 3 aromatic carbocycles. The zero-order valence-corrected chi connectivity index (χ0v) is 17.8. The lowest BCUT2D eigenvalue weighted by Crippen LogP contribution is -2.24. The van der Waals surface area contributed by atoms with Gasteiger partial charge in [-0.3, -0.25) is 14.2 Å². The van der Waals surface area contributed by atoms with Gasteiger partial charge in [0, 0.05) is 10.6 Å². The summed E-state index contributed by atoms with van der Waals surface area (Å²) < 4.78 is 1.52. The molecule has 0 saturated carbocycles. The van der Waals surface area contributed by atoms with E-state index < -0.39 is 0 Å². The van der Waals surface area contributed by atoms with Crippen LogP contribution in [0, 0.1) is 0 Å². The molecule has 1 amide bonds. The monoisotopic (exact) mass is 448 g/mol. The van der Waals surface area contributed by atoms with Crippen molar-refractivity contribution in [1.29, 1.82) is 0 Å². The molecule has 4 rings (SSSR count). The number of aromatic nitrogens is 2. The Morgan fingerprint density at radius 1 is 1.03 bits per heavy atom. The van der Waals surface area contributed by atoms with E-state index in [2.05, 4.69) is 15.5 Å². The maximum atomic E-state index is 13.1. The maximum Gasteiger partial charge on any atom is 0.266 e. The van der Waals surface area contributed by atoms with Gasteiger partial charge in [0.25, 0.3) is 11.5 Å². The zero-order chi connectivity index (χ0) is 21.6. The molecule has 0 aliphatic carbocycles. The highest BCUT2D eigenvalue weighted by molar-refractivity contribution is 7.99. The molecule has 0 saturated heterocycles. The molecule has 0 spiro atoms. The molecule has 0 aliphatic heterocycles. The number of nitrogens with one attached hydrogen (secondary N) is 1. The van der Waals surface area contributed by atoms with E-state index in [9.17, 15) is 9.59 Å². The van der Waals surface area contributed by atoms with Gasteiger partial charge < -0.3 is 0 Å². The van der Waals surface area contributed by atoms with Crippen LogP contribution in [0.25, 0.3) is 16.6 Å². The fraction of sp³-hybridized carbons (Fsp3) is 0.0435. The van der Waals surface area contributed by atoms with Crippen LogP contribution in [-0.2, 0) is 4.79 Å². The van der Waals surface area contributed by atoms with Crippen molar-refractivity contribution in [1.82, 2.24) is 15.0 Å². The average molecular weight is 449 g/mol. The number of nitrogens with zero attached hydrogens (tertiary/aromatic N) is 3. The van der Waals surface area contributed by atoms with Crippen LogP contribution in [0.4, 0.5) is 0 Å². The molecule has 6 nitrogen and oxygen atoms in total. The van der Waals surface area contributed by atoms with Gasteiger partial charge in [0.2, 0.25) is 0 Å². The highest BCUT2D eigenvalue weighted by Gasteiger charge is 2.14. The van der Waals surface area contributed by atoms with Crippen LogP contribution >= 0.6 is 23.4 Å². The summed E-state index contributed by atoms with van der Waals surface area (Å²) >= 11 is 7.24. The van der Waals surface area contributed by atoms with Gasteiger partial charge in [-0.25, -0.2) is 10.4 Å². The van der Waals surface area contributed by atoms with E-state index in [-0.39, 0.29) is 17.2 Å². The molecule has 0 bridgehead atoms. The Morgan fingerprint density at radius 2 is 1.74 bits per heavy atom. The molecule has 1 heterocycles. The molecular weight excluding hydrogens is 432 g/mol. The van der Waals surface area contributed by atoms with Crippen molar-refractivity contribution in [3.8, 4) is 5.69 Å². The first-order valence-corrected chi connectivity index (χ1v) is 10.8. The third-order valence-electron chi connectivity index (χ3n) is 4.39. The van der Waals surface area contributed by atoms with Crippen molar-refractivity contribution < 1.29 is 4.79 Å². The van der Waals surface area contributed by atoms with Crippen molar-refractivity contribution in [3.05, 3.63) is 99.8 Å². The molecule has 0 fully saturated rings. The summed E-state index contributed by atoms with van der Waals surface area (Å²) in [6.45, 7) is 0. The number of hydrazone groups is 1. The average Bonchev–Trinajstić information content (AvgIpc) is 2.80. The maximum absolute atomic E-state index is 13.1. The summed E-state index contributed by atoms with van der Waals surface area (Å²) in [5.41, 5.74) is 4.26. The highest BCUT2D eigenvalue weighted by Crippen LogP contribution is 2.21. The van der Waals surface area contributed by atoms with Crippen LogP contribution < -0.4 is 11.0 Å². The lowest BCUT2D eigenvalue weighted by Gasteiger charge is -2.12. The minimum absolute atomic E-state index is 0.0392. The normalized spacial score (nSPS) is 11.1. The summed E-state index contributed by atoms with van der Waals surface area (Å²) in [5, 5.41) is 5.44. The second-order valence-corrected chi connectivity index (χ2v) is 7.84. The van der Waals surface area contributed by atoms with Crippen molar-refractivity contribution in [3.63, 3.8) is 0 Å². The third-order valence-corrected chi connectivity index (χ3v) is 5.67. The number of benzene rings is 3. The molecule has 1 N–H and O–H groups in total. The smallest absolute Gasteiger partial charge is 0.266 e. The molecule has 0 radical (unpaired) electrons. The van der Waals surface area contributed by atoms with Gasteiger partial charge in [-0.2, -0.15) is 5.10 Å². The molecule has 0 atom stereocenters. The largest absolute Gasteiger partial charge is 0.272 e. The van der Waals surface area contributed by atoms with Gasteiger partial charge in [-0.1, -0.05) is 71.9 Å². The number of carbonyl (C=O) groups is 1. The van der Waals surface area contributed by atoms with Crippen molar-refractivity contribution in [2.24, 2.45) is 5.10 Å². The van der Waals surface area contributed by atoms with Crippen LogP contribution in [0.2, 0.25) is 5.02 Å². The predicted octanol–water partition coefficient (Wildman–Crippen LogP) is 4.28. The quantitative estimate of drug-likeness (QED) is 0.207. The molecule has 0 unspecified atom stereocenters. The number of para-hydroxylation sites is 2. The van der Waals surface area contributed by atoms with Gasteiger partial charge in [0.1, 0.15) is 0 Å². The number of fused-ring (bicyclic) bond motifs is 1. The van der Waals surface area contributed by atoms with Crippen LogP contribution in [0.3, 0.4) is 0 Å². The Kier molecular flexibility index (Phi) is 6.45. The van der Waals surface area contributed by atoms with Gasteiger partial charge >= 0.3 is 0 Å². The summed E-state index contributed by atoms with van der Waals surface area (Å²) in [6.07, 6.45) is 1.49. The first-order chi connectivity index (χ1) is 15.1. The Labute approximate surface area is 187 Å². The number of carbonyl (C=O) groups excluding carboxylic acids is 1. The molecule has 8 heteroatoms. The van der Waals surface area contributed by atoms with Gasteiger partial charge in [-0.05, 0) is 30.3 Å². The van der Waals surface area contributed by atoms with E-state index >= 15 is 0 Å². The Bertz CT molecular complexity index is 1320. The zero-order valence-electron chi connectivity index (χ0n) is 16.2. The van der Waals surface area contributed by atoms with E-state index in [4.69, 9.17) is 11.6 Å². The lowest BCUT2D eigenvalue weighted by molar-refractivity contribution is -0.118. The summed E-state index contributed by atoms with van der Waals surface area (Å²) in [4.78, 5) is 30.0. The van der Waals surface area contributed by atoms with E-state index in [1.807, 2.05) is 48.5 Å². The van der Waals surface area contributed by atoms with Crippen molar-refractivity contribution >= 4 is 46.4 Å². The minimum atomic E-state index is -0.324. The minimum Gasteiger partial charge on any atom is -0.272 e. The van der Waals surface area contributed by atoms with Gasteiger partial charge in [-0.15, -0.1) is 0 Å². The Hall–Kier alpha value is -3.42. The highest BCUT2D eigenvalue weighted by atomic mass is 35.5. The fourth-order valence-electron chi connectivity index (χ4n) is 2.93. The first-order valence-electron chi connectivity index (χ1n) is 9.40. The molecule has 0 aliphatic rings. The van der Waals surface area contributed by atoms with Crippen molar-refractivity contribution in [2.75, 3.05) is 5.75 Å². The number of hydrogen-bond acceptors (Lipinski definition) is 5. The van der Waals surface area contributed by atoms with E-state index in [0.29, 0.717) is 32.3 Å². The van der Waals surface area contributed by atoms with Crippen molar-refractivity contribution in [2.45, 2.75) is 5.16 Å². The second-order valence-electron chi connectivity index (χ2n) is 6.49. The molecule has 1 aromatic heterocycles. The SMILES string of the molecule is O=C(CSc1nc2ccccc2c(=O)n1-c1ccccc1)N/N=C\c1ccccc1Cl. The summed E-state index contributed by atoms with van der Waals surface area (Å²) in [5.74, 6) is -0.285. The standard InChI is InChI=1S/C23H17ClN4O2S/c24-19-12-6-4-8-16(19)14-25-27-21(29)15-31-23-26-20-13-7-5-11-18(20)22(30)28(23)17-9-2-1-3-10-17/h1-14H,15H2,(H,27,29)/b25-14-. The van der Waals surface area contributed by atoms with Crippen LogP contribution in [0.15, 0.2) is 93.9 Å². The molecule has 154 valence electrons. The van der Waals surface area contributed by atoms with Gasteiger partial charge in [0.05, 0.1) is 28.6 Å². The lowest BCUT2D eigenvalue weighted by atomic mass is 10.2. The molecular formula is C23H17ClN4O2S. The number of thioether (sulfide) groups is 1. The molecule has 4 aromatic rings. The van der Waals surface area contributed by atoms with Crippen LogP contribution in [0.1, 0.15) is 5.56 Å². The van der Waals surface area contributed by atoms with Crippen LogP contribution in [0.5, 0.6) is 0 Å². The summed E-state index contributed by atoms with van der Waals surface area (Å²) in [7, 11) is 0. The Balaban J connectivity index is 1.56. The third kappa shape index (κ3) is 4.84. The Morgan fingerprint density at radius 3 is 2.55 bits per heavy atom. The van der Waals surface area contributed by atoms with E-state index in [1.165, 1.54) is 22.5 Å².